The Labute approximate surface area is 99.2 Å². The molecule has 0 aromatic carbocycles. The highest BCUT2D eigenvalue weighted by molar-refractivity contribution is 5.95. The Bertz CT molecular complexity index is 400. The van der Waals surface area contributed by atoms with Gasteiger partial charge in [0, 0.05) is 19.9 Å². The van der Waals surface area contributed by atoms with Crippen molar-refractivity contribution in [3.05, 3.63) is 24.0 Å². The van der Waals surface area contributed by atoms with Crippen LogP contribution in [0.15, 0.2) is 18.3 Å². The first-order valence-corrected chi connectivity index (χ1v) is 5.27. The minimum atomic E-state index is -1.12. The molecule has 0 radical (unpaired) electrons. The van der Waals surface area contributed by atoms with Crippen molar-refractivity contribution in [3.8, 4) is 0 Å². The molecule has 0 fully saturated rings. The number of carbonyl (C=O) groups is 2. The van der Waals surface area contributed by atoms with Crippen LogP contribution in [-0.4, -0.2) is 41.3 Å². The molecule has 0 aliphatic rings. The third kappa shape index (κ3) is 3.32. The number of aryl methyl sites for hydroxylation is 1. The van der Waals surface area contributed by atoms with Gasteiger partial charge < -0.3 is 19.7 Å². The average Bonchev–Trinajstić information content (AvgIpc) is 2.76. The summed E-state index contributed by atoms with van der Waals surface area (Å²) >= 11 is 0. The van der Waals surface area contributed by atoms with Crippen molar-refractivity contribution in [2.75, 3.05) is 13.7 Å². The smallest absolute Gasteiger partial charge is 0.328 e. The summed E-state index contributed by atoms with van der Waals surface area (Å²) in [4.78, 5) is 22.7. The summed E-state index contributed by atoms with van der Waals surface area (Å²) in [5, 5.41) is 11.3. The van der Waals surface area contributed by atoms with E-state index in [1.807, 2.05) is 6.92 Å². The second kappa shape index (κ2) is 6.05. The number of aliphatic carboxylic acids is 1. The quantitative estimate of drug-likeness (QED) is 0.751. The van der Waals surface area contributed by atoms with Crippen molar-refractivity contribution < 1.29 is 19.4 Å². The van der Waals surface area contributed by atoms with Gasteiger partial charge in [0.05, 0.1) is 6.61 Å². The molecule has 1 aromatic heterocycles. The lowest BCUT2D eigenvalue weighted by Crippen LogP contribution is -2.44. The number of carboxylic acids is 1. The maximum absolute atomic E-state index is 11.8. The highest BCUT2D eigenvalue weighted by Crippen LogP contribution is 2.02. The van der Waals surface area contributed by atoms with Crippen LogP contribution < -0.4 is 5.32 Å². The van der Waals surface area contributed by atoms with Crippen LogP contribution in [0.1, 0.15) is 17.4 Å². The van der Waals surface area contributed by atoms with E-state index in [4.69, 9.17) is 9.84 Å². The van der Waals surface area contributed by atoms with Crippen LogP contribution in [0.2, 0.25) is 0 Å². The molecule has 0 bridgehead atoms. The molecule has 0 spiro atoms. The van der Waals surface area contributed by atoms with Crippen molar-refractivity contribution in [2.45, 2.75) is 19.5 Å². The van der Waals surface area contributed by atoms with Gasteiger partial charge in [-0.25, -0.2) is 4.79 Å². The average molecular weight is 240 g/mol. The van der Waals surface area contributed by atoms with Crippen LogP contribution in [0.5, 0.6) is 0 Å². The number of amides is 1. The molecule has 1 rings (SSSR count). The third-order valence-electron chi connectivity index (χ3n) is 2.34. The number of carboxylic acid groups (broad SMARTS) is 1. The van der Waals surface area contributed by atoms with Gasteiger partial charge in [-0.05, 0) is 19.1 Å². The van der Waals surface area contributed by atoms with Gasteiger partial charge in [-0.15, -0.1) is 0 Å². The standard InChI is InChI=1S/C11H16N2O4/c1-3-13-6-4-5-9(13)10(14)12-8(7-17-2)11(15)16/h4-6,8H,3,7H2,1-2H3,(H,12,14)(H,15,16). The Morgan fingerprint density at radius 3 is 2.82 bits per heavy atom. The van der Waals surface area contributed by atoms with Gasteiger partial charge in [0.25, 0.3) is 5.91 Å². The number of ether oxygens (including phenoxy) is 1. The van der Waals surface area contributed by atoms with E-state index in [2.05, 4.69) is 5.32 Å². The summed E-state index contributed by atoms with van der Waals surface area (Å²) in [7, 11) is 1.39. The van der Waals surface area contributed by atoms with E-state index in [1.165, 1.54) is 7.11 Å². The van der Waals surface area contributed by atoms with Crippen molar-refractivity contribution in [1.29, 1.82) is 0 Å². The molecule has 6 heteroatoms. The number of nitrogens with zero attached hydrogens (tertiary/aromatic N) is 1. The molecular weight excluding hydrogens is 224 g/mol. The number of hydrogen-bond donors (Lipinski definition) is 2. The van der Waals surface area contributed by atoms with Crippen molar-refractivity contribution in [2.24, 2.45) is 0 Å². The summed E-state index contributed by atoms with van der Waals surface area (Å²) in [6.07, 6.45) is 1.76. The Morgan fingerprint density at radius 2 is 2.29 bits per heavy atom. The van der Waals surface area contributed by atoms with Crippen molar-refractivity contribution in [3.63, 3.8) is 0 Å². The Morgan fingerprint density at radius 1 is 1.59 bits per heavy atom. The first-order valence-electron chi connectivity index (χ1n) is 5.27. The fraction of sp³-hybridized carbons (Fsp3) is 0.455. The molecule has 0 aliphatic carbocycles. The van der Waals surface area contributed by atoms with Crippen molar-refractivity contribution in [1.82, 2.24) is 9.88 Å². The summed E-state index contributed by atoms with van der Waals surface area (Å²) in [6.45, 7) is 2.49. The lowest BCUT2D eigenvalue weighted by Gasteiger charge is -2.14. The zero-order chi connectivity index (χ0) is 12.8. The van der Waals surface area contributed by atoms with E-state index in [0.717, 1.165) is 0 Å². The topological polar surface area (TPSA) is 80.6 Å². The predicted molar refractivity (Wildman–Crippen MR) is 60.9 cm³/mol. The van der Waals surface area contributed by atoms with Gasteiger partial charge in [-0.3, -0.25) is 4.79 Å². The maximum Gasteiger partial charge on any atom is 0.328 e. The van der Waals surface area contributed by atoms with E-state index >= 15 is 0 Å². The van der Waals surface area contributed by atoms with Gasteiger partial charge >= 0.3 is 5.97 Å². The zero-order valence-corrected chi connectivity index (χ0v) is 9.84. The van der Waals surface area contributed by atoms with Gasteiger partial charge in [0.1, 0.15) is 5.69 Å². The van der Waals surface area contributed by atoms with E-state index in [1.54, 1.807) is 22.9 Å². The Kier molecular flexibility index (Phi) is 4.71. The number of rotatable bonds is 6. The van der Waals surface area contributed by atoms with E-state index in [-0.39, 0.29) is 6.61 Å². The van der Waals surface area contributed by atoms with Crippen LogP contribution in [-0.2, 0) is 16.1 Å². The Balaban J connectivity index is 2.73. The normalized spacial score (nSPS) is 12.1. The number of methoxy groups -OCH3 is 1. The molecule has 1 unspecified atom stereocenters. The molecule has 1 heterocycles. The zero-order valence-electron chi connectivity index (χ0n) is 9.84. The van der Waals surface area contributed by atoms with Crippen LogP contribution in [0, 0.1) is 0 Å². The first kappa shape index (κ1) is 13.2. The van der Waals surface area contributed by atoms with Crippen LogP contribution in [0.4, 0.5) is 0 Å². The molecule has 1 amide bonds. The Hall–Kier alpha value is -1.82. The highest BCUT2D eigenvalue weighted by atomic mass is 16.5. The minimum Gasteiger partial charge on any atom is -0.480 e. The van der Waals surface area contributed by atoms with Crippen molar-refractivity contribution >= 4 is 11.9 Å². The second-order valence-corrected chi connectivity index (χ2v) is 3.50. The van der Waals surface area contributed by atoms with E-state index in [9.17, 15) is 9.59 Å². The van der Waals surface area contributed by atoms with Gasteiger partial charge in [-0.2, -0.15) is 0 Å². The highest BCUT2D eigenvalue weighted by Gasteiger charge is 2.21. The molecule has 0 saturated heterocycles. The molecular formula is C11H16N2O4. The largest absolute Gasteiger partial charge is 0.480 e. The molecule has 1 atom stereocenters. The van der Waals surface area contributed by atoms with Gasteiger partial charge in [-0.1, -0.05) is 0 Å². The molecule has 0 saturated carbocycles. The number of carbonyl (C=O) groups excluding carboxylic acids is 1. The first-order chi connectivity index (χ1) is 8.10. The number of hydrogen-bond acceptors (Lipinski definition) is 3. The minimum absolute atomic E-state index is 0.0616. The summed E-state index contributed by atoms with van der Waals surface area (Å²) in [6, 6.07) is 2.35. The fourth-order valence-electron chi connectivity index (χ4n) is 1.47. The monoisotopic (exact) mass is 240 g/mol. The maximum atomic E-state index is 11.8. The van der Waals surface area contributed by atoms with E-state index < -0.39 is 17.9 Å². The number of nitrogens with one attached hydrogen (secondary N) is 1. The molecule has 1 aromatic rings. The lowest BCUT2D eigenvalue weighted by molar-refractivity contribution is -0.140. The molecule has 6 nitrogen and oxygen atoms in total. The summed E-state index contributed by atoms with van der Waals surface area (Å²) in [5.41, 5.74) is 0.440. The lowest BCUT2D eigenvalue weighted by atomic mass is 10.3. The second-order valence-electron chi connectivity index (χ2n) is 3.50. The molecule has 2 N–H and O–H groups in total. The van der Waals surface area contributed by atoms with E-state index in [0.29, 0.717) is 12.2 Å². The molecule has 17 heavy (non-hydrogen) atoms. The molecule has 94 valence electrons. The SMILES string of the molecule is CCn1cccc1C(=O)NC(COC)C(=O)O. The van der Waals surface area contributed by atoms with Gasteiger partial charge in [0.2, 0.25) is 0 Å². The molecule has 0 aliphatic heterocycles. The number of aromatic nitrogens is 1. The fourth-order valence-corrected chi connectivity index (χ4v) is 1.47. The predicted octanol–water partition coefficient (Wildman–Crippen LogP) is 0.337. The van der Waals surface area contributed by atoms with Gasteiger partial charge in [0.15, 0.2) is 6.04 Å². The van der Waals surface area contributed by atoms with Crippen LogP contribution in [0.25, 0.3) is 0 Å². The third-order valence-corrected chi connectivity index (χ3v) is 2.34. The van der Waals surface area contributed by atoms with Crippen LogP contribution >= 0.6 is 0 Å². The summed E-state index contributed by atoms with van der Waals surface area (Å²) in [5.74, 6) is -1.53. The van der Waals surface area contributed by atoms with Crippen LogP contribution in [0.3, 0.4) is 0 Å². The summed E-state index contributed by atoms with van der Waals surface area (Å²) < 4.78 is 6.47.